The highest BCUT2D eigenvalue weighted by atomic mass is 16.5. The molecule has 17 heavy (non-hydrogen) atoms. The van der Waals surface area contributed by atoms with Crippen molar-refractivity contribution in [2.75, 3.05) is 39.9 Å². The van der Waals surface area contributed by atoms with Gasteiger partial charge in [0, 0.05) is 26.2 Å². The summed E-state index contributed by atoms with van der Waals surface area (Å²) < 4.78 is 5.00. The van der Waals surface area contributed by atoms with Crippen molar-refractivity contribution >= 4 is 5.97 Å². The molecule has 0 aromatic rings. The Morgan fingerprint density at radius 3 is 2.71 bits per heavy atom. The molecule has 2 aliphatic heterocycles. The van der Waals surface area contributed by atoms with Crippen molar-refractivity contribution in [3.63, 3.8) is 0 Å². The first kappa shape index (κ1) is 12.8. The summed E-state index contributed by atoms with van der Waals surface area (Å²) in [7, 11) is 1.56. The summed E-state index contributed by atoms with van der Waals surface area (Å²) in [5.74, 6) is -0.770. The third kappa shape index (κ3) is 2.97. The van der Waals surface area contributed by atoms with E-state index < -0.39 is 12.0 Å². The molecule has 0 radical (unpaired) electrons. The monoisotopic (exact) mass is 242 g/mol. The molecule has 2 unspecified atom stereocenters. The van der Waals surface area contributed by atoms with Gasteiger partial charge in [-0.3, -0.25) is 14.6 Å². The summed E-state index contributed by atoms with van der Waals surface area (Å²) in [5, 5.41) is 9.18. The van der Waals surface area contributed by atoms with E-state index in [-0.39, 0.29) is 6.61 Å². The quantitative estimate of drug-likeness (QED) is 0.749. The van der Waals surface area contributed by atoms with E-state index in [2.05, 4.69) is 9.80 Å². The Kier molecular flexibility index (Phi) is 4.36. The minimum atomic E-state index is -0.770. The molecule has 0 aromatic heterocycles. The highest BCUT2D eigenvalue weighted by Crippen LogP contribution is 2.22. The highest BCUT2D eigenvalue weighted by molar-refractivity contribution is 5.73. The van der Waals surface area contributed by atoms with Crippen LogP contribution in [0.4, 0.5) is 0 Å². The number of carbonyl (C=O) groups is 1. The van der Waals surface area contributed by atoms with Crippen molar-refractivity contribution in [3.05, 3.63) is 0 Å². The summed E-state index contributed by atoms with van der Waals surface area (Å²) in [5.41, 5.74) is 0. The molecule has 0 aromatic carbocycles. The third-order valence-corrected chi connectivity index (χ3v) is 3.90. The van der Waals surface area contributed by atoms with Crippen molar-refractivity contribution in [3.8, 4) is 0 Å². The lowest BCUT2D eigenvalue weighted by molar-refractivity contribution is -0.144. The Hall–Kier alpha value is -0.650. The Morgan fingerprint density at radius 1 is 1.41 bits per heavy atom. The predicted molar refractivity (Wildman–Crippen MR) is 64.1 cm³/mol. The van der Waals surface area contributed by atoms with Crippen molar-refractivity contribution in [2.24, 2.45) is 0 Å². The van der Waals surface area contributed by atoms with Crippen LogP contribution in [0.15, 0.2) is 0 Å². The van der Waals surface area contributed by atoms with E-state index >= 15 is 0 Å². The molecule has 0 saturated carbocycles. The molecule has 5 heteroatoms. The summed E-state index contributed by atoms with van der Waals surface area (Å²) in [6.45, 7) is 4.39. The number of likely N-dealkylation sites (tertiary alicyclic amines) is 2. The van der Waals surface area contributed by atoms with Crippen LogP contribution in [0.25, 0.3) is 0 Å². The SMILES string of the molecule is COCC(C(=O)O)N1CCC(N2CCCC2)C1. The number of hydrogen-bond donors (Lipinski definition) is 1. The van der Waals surface area contributed by atoms with E-state index in [9.17, 15) is 9.90 Å². The lowest BCUT2D eigenvalue weighted by Gasteiger charge is -2.26. The van der Waals surface area contributed by atoms with E-state index in [0.717, 1.165) is 19.5 Å². The first-order valence-electron chi connectivity index (χ1n) is 6.42. The van der Waals surface area contributed by atoms with Gasteiger partial charge in [0.1, 0.15) is 6.04 Å². The van der Waals surface area contributed by atoms with Crippen LogP contribution in [0.2, 0.25) is 0 Å². The minimum Gasteiger partial charge on any atom is -0.480 e. The van der Waals surface area contributed by atoms with E-state index in [1.165, 1.54) is 25.9 Å². The van der Waals surface area contributed by atoms with Gasteiger partial charge in [-0.1, -0.05) is 0 Å². The smallest absolute Gasteiger partial charge is 0.323 e. The van der Waals surface area contributed by atoms with E-state index in [4.69, 9.17) is 4.74 Å². The van der Waals surface area contributed by atoms with Gasteiger partial charge >= 0.3 is 5.97 Å². The maximum atomic E-state index is 11.2. The van der Waals surface area contributed by atoms with Gasteiger partial charge in [-0.15, -0.1) is 0 Å². The summed E-state index contributed by atoms with van der Waals surface area (Å²) in [6.07, 6.45) is 3.67. The van der Waals surface area contributed by atoms with Crippen LogP contribution in [-0.4, -0.2) is 72.9 Å². The first-order chi connectivity index (χ1) is 8.22. The molecule has 5 nitrogen and oxygen atoms in total. The van der Waals surface area contributed by atoms with Crippen LogP contribution >= 0.6 is 0 Å². The zero-order valence-corrected chi connectivity index (χ0v) is 10.5. The number of methoxy groups -OCH3 is 1. The van der Waals surface area contributed by atoms with Crippen LogP contribution in [0, 0.1) is 0 Å². The van der Waals surface area contributed by atoms with Crippen molar-refractivity contribution in [1.82, 2.24) is 9.80 Å². The average molecular weight is 242 g/mol. The molecule has 0 spiro atoms. The largest absolute Gasteiger partial charge is 0.480 e. The highest BCUT2D eigenvalue weighted by Gasteiger charge is 2.35. The molecule has 0 aliphatic carbocycles. The van der Waals surface area contributed by atoms with Crippen molar-refractivity contribution < 1.29 is 14.6 Å². The van der Waals surface area contributed by atoms with E-state index in [1.54, 1.807) is 7.11 Å². The zero-order chi connectivity index (χ0) is 12.3. The molecule has 2 saturated heterocycles. The topological polar surface area (TPSA) is 53.0 Å². The Morgan fingerprint density at radius 2 is 2.12 bits per heavy atom. The molecule has 2 fully saturated rings. The third-order valence-electron chi connectivity index (χ3n) is 3.90. The number of rotatable bonds is 5. The Bertz CT molecular complexity index is 266. The van der Waals surface area contributed by atoms with Crippen molar-refractivity contribution in [1.29, 1.82) is 0 Å². The summed E-state index contributed by atoms with van der Waals surface area (Å²) in [6, 6.07) is 0.0730. The van der Waals surface area contributed by atoms with Crippen LogP contribution in [0.5, 0.6) is 0 Å². The summed E-state index contributed by atoms with van der Waals surface area (Å²) >= 11 is 0. The maximum absolute atomic E-state index is 11.2. The second-order valence-electron chi connectivity index (χ2n) is 4.99. The molecular formula is C12H22N2O3. The second kappa shape index (κ2) is 5.80. The lowest BCUT2D eigenvalue weighted by Crippen LogP contribution is -2.45. The molecule has 0 amide bonds. The molecule has 1 N–H and O–H groups in total. The number of carboxylic acids is 1. The second-order valence-corrected chi connectivity index (χ2v) is 4.99. The lowest BCUT2D eigenvalue weighted by atomic mass is 10.2. The van der Waals surface area contributed by atoms with Gasteiger partial charge in [-0.25, -0.2) is 0 Å². The molecule has 0 bridgehead atoms. The van der Waals surface area contributed by atoms with Crippen LogP contribution in [-0.2, 0) is 9.53 Å². The molecule has 2 atom stereocenters. The number of aliphatic carboxylic acids is 1. The average Bonchev–Trinajstić information content (AvgIpc) is 2.95. The van der Waals surface area contributed by atoms with Gasteiger partial charge < -0.3 is 9.84 Å². The number of carboxylic acid groups (broad SMARTS) is 1. The minimum absolute atomic E-state index is 0.280. The fraction of sp³-hybridized carbons (Fsp3) is 0.917. The standard InChI is InChI=1S/C12H22N2O3/c1-17-9-11(12(15)16)14-7-4-10(8-14)13-5-2-3-6-13/h10-11H,2-9H2,1H3,(H,15,16). The number of hydrogen-bond acceptors (Lipinski definition) is 4. The fourth-order valence-corrected chi connectivity index (χ4v) is 2.95. The van der Waals surface area contributed by atoms with Crippen LogP contribution in [0.3, 0.4) is 0 Å². The predicted octanol–water partition coefficient (Wildman–Crippen LogP) is 0.256. The molecule has 2 heterocycles. The molecule has 98 valence electrons. The van der Waals surface area contributed by atoms with Crippen LogP contribution < -0.4 is 0 Å². The Labute approximate surface area is 102 Å². The molecule has 2 aliphatic rings. The van der Waals surface area contributed by atoms with E-state index in [1.807, 2.05) is 0 Å². The zero-order valence-electron chi connectivity index (χ0n) is 10.5. The normalized spacial score (nSPS) is 28.6. The van der Waals surface area contributed by atoms with Gasteiger partial charge in [-0.05, 0) is 32.4 Å². The van der Waals surface area contributed by atoms with Gasteiger partial charge in [-0.2, -0.15) is 0 Å². The van der Waals surface area contributed by atoms with Crippen LogP contribution in [0.1, 0.15) is 19.3 Å². The maximum Gasteiger partial charge on any atom is 0.323 e. The van der Waals surface area contributed by atoms with Gasteiger partial charge in [0.05, 0.1) is 6.61 Å². The van der Waals surface area contributed by atoms with E-state index in [0.29, 0.717) is 6.04 Å². The molecule has 2 rings (SSSR count). The summed E-state index contributed by atoms with van der Waals surface area (Å²) in [4.78, 5) is 15.7. The molecular weight excluding hydrogens is 220 g/mol. The fourth-order valence-electron chi connectivity index (χ4n) is 2.95. The van der Waals surface area contributed by atoms with Gasteiger partial charge in [0.2, 0.25) is 0 Å². The number of ether oxygens (including phenoxy) is 1. The van der Waals surface area contributed by atoms with Gasteiger partial charge in [0.15, 0.2) is 0 Å². The Balaban J connectivity index is 1.88. The van der Waals surface area contributed by atoms with Crippen molar-refractivity contribution in [2.45, 2.75) is 31.3 Å². The first-order valence-corrected chi connectivity index (χ1v) is 6.42. The van der Waals surface area contributed by atoms with Gasteiger partial charge in [0.25, 0.3) is 0 Å². The number of nitrogens with zero attached hydrogens (tertiary/aromatic N) is 2.